The van der Waals surface area contributed by atoms with E-state index in [0.29, 0.717) is 10.0 Å². The highest BCUT2D eigenvalue weighted by atomic mass is 35.5. The summed E-state index contributed by atoms with van der Waals surface area (Å²) in [7, 11) is 0. The van der Waals surface area contributed by atoms with Crippen LogP contribution >= 0.6 is 35.0 Å². The summed E-state index contributed by atoms with van der Waals surface area (Å²) < 4.78 is 0. The Bertz CT molecular complexity index is 331. The van der Waals surface area contributed by atoms with Crippen LogP contribution in [0.4, 0.5) is 0 Å². The Labute approximate surface area is 112 Å². The minimum atomic E-state index is 0.279. The molecule has 0 amide bonds. The highest BCUT2D eigenvalue weighted by Gasteiger charge is 2.14. The smallest absolute Gasteiger partial charge is 0.0640 e. The van der Waals surface area contributed by atoms with Gasteiger partial charge in [0.1, 0.15) is 0 Å². The van der Waals surface area contributed by atoms with E-state index in [2.05, 4.69) is 19.2 Å². The lowest BCUT2D eigenvalue weighted by Crippen LogP contribution is -2.23. The first-order valence-corrected chi connectivity index (χ1v) is 7.36. The second-order valence-corrected chi connectivity index (χ2v) is 5.52. The molecule has 0 aromatic heterocycles. The van der Waals surface area contributed by atoms with Crippen LogP contribution in [0.15, 0.2) is 18.2 Å². The molecular formula is C12H17Cl2NS. The van der Waals surface area contributed by atoms with Crippen molar-refractivity contribution in [2.45, 2.75) is 19.9 Å². The third kappa shape index (κ3) is 3.85. The minimum Gasteiger partial charge on any atom is -0.309 e. The molecule has 1 unspecified atom stereocenters. The fourth-order valence-electron chi connectivity index (χ4n) is 1.53. The fourth-order valence-corrected chi connectivity index (χ4v) is 2.74. The molecule has 0 aliphatic rings. The van der Waals surface area contributed by atoms with E-state index in [1.54, 1.807) is 0 Å². The van der Waals surface area contributed by atoms with E-state index >= 15 is 0 Å². The highest BCUT2D eigenvalue weighted by molar-refractivity contribution is 7.99. The van der Waals surface area contributed by atoms with E-state index in [1.807, 2.05) is 30.0 Å². The number of benzene rings is 1. The van der Waals surface area contributed by atoms with E-state index in [-0.39, 0.29) is 6.04 Å². The van der Waals surface area contributed by atoms with E-state index < -0.39 is 0 Å². The average molecular weight is 278 g/mol. The van der Waals surface area contributed by atoms with Crippen LogP contribution in [0.1, 0.15) is 25.5 Å². The molecule has 0 bridgehead atoms. The standard InChI is InChI=1S/C12H17Cl2NS/c1-3-15-11(8-16-4-2)9-6-5-7-10(13)12(9)14/h5-7,11,15H,3-4,8H2,1-2H3. The summed E-state index contributed by atoms with van der Waals surface area (Å²) in [5.41, 5.74) is 1.09. The Hall–Kier alpha value is 0.110. The summed E-state index contributed by atoms with van der Waals surface area (Å²) in [6.45, 7) is 5.19. The SMILES string of the molecule is CCNC(CSCC)c1cccc(Cl)c1Cl. The van der Waals surface area contributed by atoms with Gasteiger partial charge in [0.05, 0.1) is 10.0 Å². The summed E-state index contributed by atoms with van der Waals surface area (Å²) in [6.07, 6.45) is 0. The van der Waals surface area contributed by atoms with Crippen molar-refractivity contribution in [3.05, 3.63) is 33.8 Å². The number of nitrogens with one attached hydrogen (secondary N) is 1. The van der Waals surface area contributed by atoms with Crippen LogP contribution in [-0.4, -0.2) is 18.1 Å². The van der Waals surface area contributed by atoms with E-state index in [9.17, 15) is 0 Å². The molecule has 90 valence electrons. The largest absolute Gasteiger partial charge is 0.309 e. The van der Waals surface area contributed by atoms with Gasteiger partial charge in [0.2, 0.25) is 0 Å². The topological polar surface area (TPSA) is 12.0 Å². The lowest BCUT2D eigenvalue weighted by molar-refractivity contribution is 0.606. The average Bonchev–Trinajstić information content (AvgIpc) is 2.28. The first kappa shape index (κ1) is 14.2. The highest BCUT2D eigenvalue weighted by Crippen LogP contribution is 2.31. The Morgan fingerprint density at radius 2 is 2.06 bits per heavy atom. The van der Waals surface area contributed by atoms with E-state index in [4.69, 9.17) is 23.2 Å². The summed E-state index contributed by atoms with van der Waals surface area (Å²) in [5.74, 6) is 2.13. The molecule has 1 nitrogen and oxygen atoms in total. The zero-order chi connectivity index (χ0) is 12.0. The van der Waals surface area contributed by atoms with Crippen molar-refractivity contribution < 1.29 is 0 Å². The molecule has 0 saturated heterocycles. The number of hydrogen-bond acceptors (Lipinski definition) is 2. The van der Waals surface area contributed by atoms with Crippen molar-refractivity contribution in [2.75, 3.05) is 18.1 Å². The van der Waals surface area contributed by atoms with Gasteiger partial charge in [-0.25, -0.2) is 0 Å². The van der Waals surface area contributed by atoms with Crippen LogP contribution in [0.3, 0.4) is 0 Å². The monoisotopic (exact) mass is 277 g/mol. The Kier molecular flexibility index (Phi) is 6.59. The Balaban J connectivity index is 2.86. The molecule has 0 saturated carbocycles. The number of rotatable bonds is 6. The van der Waals surface area contributed by atoms with Crippen molar-refractivity contribution in [2.24, 2.45) is 0 Å². The second kappa shape index (κ2) is 7.44. The third-order valence-electron chi connectivity index (χ3n) is 2.30. The lowest BCUT2D eigenvalue weighted by Gasteiger charge is -2.19. The number of thioether (sulfide) groups is 1. The van der Waals surface area contributed by atoms with Gasteiger partial charge in [-0.15, -0.1) is 0 Å². The van der Waals surface area contributed by atoms with Gasteiger partial charge in [0.15, 0.2) is 0 Å². The van der Waals surface area contributed by atoms with Gasteiger partial charge < -0.3 is 5.32 Å². The van der Waals surface area contributed by atoms with Gasteiger partial charge in [0, 0.05) is 11.8 Å². The lowest BCUT2D eigenvalue weighted by atomic mass is 10.1. The van der Waals surface area contributed by atoms with Crippen LogP contribution in [0.5, 0.6) is 0 Å². The van der Waals surface area contributed by atoms with Crippen molar-refractivity contribution in [3.8, 4) is 0 Å². The first-order chi connectivity index (χ1) is 7.70. The van der Waals surface area contributed by atoms with E-state index in [0.717, 1.165) is 23.6 Å². The van der Waals surface area contributed by atoms with Gasteiger partial charge >= 0.3 is 0 Å². The van der Waals surface area contributed by atoms with Crippen LogP contribution in [0.2, 0.25) is 10.0 Å². The van der Waals surface area contributed by atoms with Crippen molar-refractivity contribution in [3.63, 3.8) is 0 Å². The Morgan fingerprint density at radius 1 is 1.31 bits per heavy atom. The van der Waals surface area contributed by atoms with Gasteiger partial charge in [0.25, 0.3) is 0 Å². The number of hydrogen-bond donors (Lipinski definition) is 1. The maximum Gasteiger partial charge on any atom is 0.0640 e. The van der Waals surface area contributed by atoms with Crippen molar-refractivity contribution in [1.82, 2.24) is 5.32 Å². The van der Waals surface area contributed by atoms with Crippen LogP contribution in [-0.2, 0) is 0 Å². The number of halogens is 2. The molecular weight excluding hydrogens is 261 g/mol. The van der Waals surface area contributed by atoms with Gasteiger partial charge in [-0.2, -0.15) is 11.8 Å². The summed E-state index contributed by atoms with van der Waals surface area (Å²) in [6, 6.07) is 6.09. The summed E-state index contributed by atoms with van der Waals surface area (Å²) in [5, 5.41) is 4.74. The molecule has 0 fully saturated rings. The third-order valence-corrected chi connectivity index (χ3v) is 4.11. The predicted octanol–water partition coefficient (Wildman–Crippen LogP) is 4.40. The molecule has 1 aromatic carbocycles. The van der Waals surface area contributed by atoms with Crippen molar-refractivity contribution >= 4 is 35.0 Å². The zero-order valence-corrected chi connectivity index (χ0v) is 11.9. The normalized spacial score (nSPS) is 12.8. The van der Waals surface area contributed by atoms with Crippen LogP contribution in [0, 0.1) is 0 Å². The molecule has 0 spiro atoms. The predicted molar refractivity (Wildman–Crippen MR) is 75.9 cm³/mol. The van der Waals surface area contributed by atoms with Crippen LogP contribution < -0.4 is 5.32 Å². The molecule has 4 heteroatoms. The molecule has 1 rings (SSSR count). The second-order valence-electron chi connectivity index (χ2n) is 3.41. The maximum atomic E-state index is 6.22. The van der Waals surface area contributed by atoms with Gasteiger partial charge in [-0.05, 0) is 23.9 Å². The quantitative estimate of drug-likeness (QED) is 0.827. The molecule has 0 radical (unpaired) electrons. The molecule has 16 heavy (non-hydrogen) atoms. The first-order valence-electron chi connectivity index (χ1n) is 5.45. The Morgan fingerprint density at radius 3 is 2.69 bits per heavy atom. The molecule has 0 aliphatic heterocycles. The van der Waals surface area contributed by atoms with Crippen molar-refractivity contribution in [1.29, 1.82) is 0 Å². The van der Waals surface area contributed by atoms with Crippen LogP contribution in [0.25, 0.3) is 0 Å². The van der Waals surface area contributed by atoms with E-state index in [1.165, 1.54) is 0 Å². The molecule has 1 aromatic rings. The molecule has 0 heterocycles. The van der Waals surface area contributed by atoms with Gasteiger partial charge in [-0.1, -0.05) is 49.2 Å². The van der Waals surface area contributed by atoms with Gasteiger partial charge in [-0.3, -0.25) is 0 Å². The fraction of sp³-hybridized carbons (Fsp3) is 0.500. The molecule has 1 atom stereocenters. The summed E-state index contributed by atoms with van der Waals surface area (Å²) in [4.78, 5) is 0. The maximum absolute atomic E-state index is 6.22. The summed E-state index contributed by atoms with van der Waals surface area (Å²) >= 11 is 14.1. The molecule has 1 N–H and O–H groups in total. The minimum absolute atomic E-state index is 0.279. The molecule has 0 aliphatic carbocycles. The zero-order valence-electron chi connectivity index (χ0n) is 9.59.